The van der Waals surface area contributed by atoms with Crippen LogP contribution in [0.1, 0.15) is 13.8 Å². The fourth-order valence-corrected chi connectivity index (χ4v) is 2.76. The minimum atomic E-state index is -3.22. The van der Waals surface area contributed by atoms with E-state index in [1.54, 1.807) is 13.8 Å². The molecule has 0 aliphatic heterocycles. The summed E-state index contributed by atoms with van der Waals surface area (Å²) in [5, 5.41) is 0.603. The summed E-state index contributed by atoms with van der Waals surface area (Å²) < 4.78 is 16.3. The molecule has 0 saturated heterocycles. The van der Waals surface area contributed by atoms with Crippen LogP contribution in [0.5, 0.6) is 0 Å². The Morgan fingerprint density at radius 3 is 2.42 bits per heavy atom. The zero-order chi connectivity index (χ0) is 9.78. The Bertz CT molecular complexity index is 227. The van der Waals surface area contributed by atoms with Crippen molar-refractivity contribution in [2.45, 2.75) is 13.8 Å². The van der Waals surface area contributed by atoms with Crippen LogP contribution in [0.4, 0.5) is 0 Å². The van der Waals surface area contributed by atoms with Gasteiger partial charge in [-0.3, -0.25) is 4.57 Å². The molecule has 1 unspecified atom stereocenters. The summed E-state index contributed by atoms with van der Waals surface area (Å²) in [6.45, 7) is 0.317. The summed E-state index contributed by atoms with van der Waals surface area (Å²) in [7, 11) is 0. The Hall–Kier alpha value is 0.800. The zero-order valence-electron chi connectivity index (χ0n) is 6.81. The van der Waals surface area contributed by atoms with Crippen molar-refractivity contribution in [1.29, 1.82) is 0 Å². The number of alkyl halides is 1. The molecule has 0 aliphatic rings. The molecule has 0 aromatic heterocycles. The molecule has 72 valence electrons. The predicted octanol–water partition coefficient (Wildman–Crippen LogP) is 4.16. The van der Waals surface area contributed by atoms with Crippen molar-refractivity contribution in [3.05, 3.63) is 10.3 Å². The first-order valence-electron chi connectivity index (χ1n) is 3.31. The minimum Gasteiger partial charge on any atom is -0.315 e. The lowest BCUT2D eigenvalue weighted by Crippen LogP contribution is -1.88. The van der Waals surface area contributed by atoms with Crippen molar-refractivity contribution in [2.24, 2.45) is 0 Å². The van der Waals surface area contributed by atoms with E-state index in [0.717, 1.165) is 0 Å². The van der Waals surface area contributed by atoms with Crippen molar-refractivity contribution in [3.8, 4) is 0 Å². The van der Waals surface area contributed by atoms with Crippen molar-refractivity contribution in [3.63, 3.8) is 0 Å². The SMILES string of the molecule is CCOP(=O)(Cl)/C(C)=C(/Cl)CCl. The molecule has 0 aliphatic carbocycles. The summed E-state index contributed by atoms with van der Waals surface area (Å²) in [6.07, 6.45) is 0. The lowest BCUT2D eigenvalue weighted by molar-refractivity contribution is 0.349. The second-order valence-electron chi connectivity index (χ2n) is 2.02. The molecule has 0 spiro atoms. The molecular weight excluding hydrogens is 241 g/mol. The second kappa shape index (κ2) is 5.51. The highest BCUT2D eigenvalue weighted by Gasteiger charge is 2.23. The molecule has 0 amide bonds. The van der Waals surface area contributed by atoms with Gasteiger partial charge in [0.15, 0.2) is 0 Å². The van der Waals surface area contributed by atoms with Crippen molar-refractivity contribution < 1.29 is 9.09 Å². The maximum absolute atomic E-state index is 11.5. The topological polar surface area (TPSA) is 26.3 Å². The van der Waals surface area contributed by atoms with Gasteiger partial charge in [-0.2, -0.15) is 0 Å². The third kappa shape index (κ3) is 3.68. The van der Waals surface area contributed by atoms with Crippen LogP contribution in [0.15, 0.2) is 10.3 Å². The average Bonchev–Trinajstić information content (AvgIpc) is 2.01. The average molecular weight is 251 g/mol. The number of hydrogen-bond donors (Lipinski definition) is 0. The minimum absolute atomic E-state index is 0.0944. The van der Waals surface area contributed by atoms with Crippen LogP contribution in [0.25, 0.3) is 0 Å². The summed E-state index contributed by atoms with van der Waals surface area (Å²) in [5.74, 6) is 0.0944. The van der Waals surface area contributed by atoms with Crippen LogP contribution in [-0.2, 0) is 9.09 Å². The second-order valence-corrected chi connectivity index (χ2v) is 5.97. The summed E-state index contributed by atoms with van der Waals surface area (Å²) in [5.41, 5.74) is 0. The van der Waals surface area contributed by atoms with Crippen LogP contribution in [0.3, 0.4) is 0 Å². The molecule has 0 radical (unpaired) electrons. The van der Waals surface area contributed by atoms with Crippen molar-refractivity contribution in [2.75, 3.05) is 12.5 Å². The van der Waals surface area contributed by atoms with E-state index in [1.807, 2.05) is 0 Å². The van der Waals surface area contributed by atoms with Gasteiger partial charge < -0.3 is 4.52 Å². The van der Waals surface area contributed by atoms with Gasteiger partial charge in [0.25, 0.3) is 0 Å². The van der Waals surface area contributed by atoms with Crippen LogP contribution < -0.4 is 0 Å². The van der Waals surface area contributed by atoms with Gasteiger partial charge in [-0.15, -0.1) is 11.6 Å². The Kier molecular flexibility index (Phi) is 5.88. The van der Waals surface area contributed by atoms with Gasteiger partial charge in [0.2, 0.25) is 0 Å². The van der Waals surface area contributed by atoms with Crippen LogP contribution in [-0.4, -0.2) is 12.5 Å². The number of halogens is 3. The zero-order valence-corrected chi connectivity index (χ0v) is 9.97. The van der Waals surface area contributed by atoms with E-state index in [2.05, 4.69) is 0 Å². The van der Waals surface area contributed by atoms with Crippen LogP contribution in [0.2, 0.25) is 0 Å². The molecule has 0 saturated carbocycles. The van der Waals surface area contributed by atoms with Gasteiger partial charge in [0, 0.05) is 10.3 Å². The Morgan fingerprint density at radius 2 is 2.08 bits per heavy atom. The van der Waals surface area contributed by atoms with Crippen LogP contribution in [0, 0.1) is 0 Å². The highest BCUT2D eigenvalue weighted by Crippen LogP contribution is 2.60. The van der Waals surface area contributed by atoms with Crippen molar-refractivity contribution in [1.82, 2.24) is 0 Å². The van der Waals surface area contributed by atoms with E-state index >= 15 is 0 Å². The molecule has 0 rings (SSSR count). The quantitative estimate of drug-likeness (QED) is 0.554. The van der Waals surface area contributed by atoms with E-state index in [0.29, 0.717) is 5.31 Å². The third-order valence-electron chi connectivity index (χ3n) is 1.21. The molecule has 0 N–H and O–H groups in total. The van der Waals surface area contributed by atoms with Crippen LogP contribution >= 0.6 is 41.2 Å². The monoisotopic (exact) mass is 250 g/mol. The molecule has 0 aromatic carbocycles. The predicted molar refractivity (Wildman–Crippen MR) is 54.4 cm³/mol. The largest absolute Gasteiger partial charge is 0.316 e. The molecule has 12 heavy (non-hydrogen) atoms. The smallest absolute Gasteiger partial charge is 0.315 e. The summed E-state index contributed by atoms with van der Waals surface area (Å²) in [6, 6.07) is 0. The lowest BCUT2D eigenvalue weighted by atomic mass is 10.6. The maximum Gasteiger partial charge on any atom is 0.316 e. The van der Waals surface area contributed by atoms with E-state index in [-0.39, 0.29) is 17.5 Å². The molecule has 1 atom stereocenters. The fourth-order valence-electron chi connectivity index (χ4n) is 0.504. The van der Waals surface area contributed by atoms with Gasteiger partial charge in [-0.1, -0.05) is 11.6 Å². The fraction of sp³-hybridized carbons (Fsp3) is 0.667. The lowest BCUT2D eigenvalue weighted by Gasteiger charge is -2.11. The van der Waals surface area contributed by atoms with Gasteiger partial charge in [0.1, 0.15) is 0 Å². The van der Waals surface area contributed by atoms with Gasteiger partial charge in [0.05, 0.1) is 12.5 Å². The van der Waals surface area contributed by atoms with Crippen molar-refractivity contribution >= 4 is 41.2 Å². The molecule has 0 bridgehead atoms. The molecule has 0 fully saturated rings. The molecule has 2 nitrogen and oxygen atoms in total. The molecule has 0 aromatic rings. The number of allylic oxidation sites excluding steroid dienone is 2. The Morgan fingerprint density at radius 1 is 1.58 bits per heavy atom. The van der Waals surface area contributed by atoms with E-state index in [9.17, 15) is 4.57 Å². The molecule has 0 heterocycles. The standard InChI is InChI=1S/C6H10Cl3O2P/c1-3-11-12(9,10)5(2)6(8)4-7/h3-4H2,1-2H3/b6-5+. The first-order chi connectivity index (χ1) is 5.45. The first kappa shape index (κ1) is 12.8. The Labute approximate surface area is 87.1 Å². The van der Waals surface area contributed by atoms with Gasteiger partial charge in [-0.25, -0.2) is 0 Å². The molecular formula is C6H10Cl3O2P. The van der Waals surface area contributed by atoms with Gasteiger partial charge in [-0.05, 0) is 25.1 Å². The first-order valence-corrected chi connectivity index (χ1v) is 6.76. The normalized spacial score (nSPS) is 18.4. The highest BCUT2D eigenvalue weighted by molar-refractivity contribution is 7.88. The number of rotatable bonds is 4. The third-order valence-corrected chi connectivity index (χ3v) is 4.87. The summed E-state index contributed by atoms with van der Waals surface area (Å²) in [4.78, 5) is 0. The van der Waals surface area contributed by atoms with E-state index in [4.69, 9.17) is 39.0 Å². The Balaban J connectivity index is 4.67. The maximum atomic E-state index is 11.5. The molecule has 6 heteroatoms. The number of hydrogen-bond acceptors (Lipinski definition) is 2. The summed E-state index contributed by atoms with van der Waals surface area (Å²) >= 11 is 16.7. The van der Waals surface area contributed by atoms with E-state index in [1.165, 1.54) is 0 Å². The van der Waals surface area contributed by atoms with E-state index < -0.39 is 6.72 Å². The highest BCUT2D eigenvalue weighted by atomic mass is 35.7. The van der Waals surface area contributed by atoms with Gasteiger partial charge >= 0.3 is 6.72 Å².